The summed E-state index contributed by atoms with van der Waals surface area (Å²) in [5, 5.41) is 15.1. The molecule has 294 valence electrons. The van der Waals surface area contributed by atoms with Gasteiger partial charge in [0.15, 0.2) is 0 Å². The Kier molecular flexibility index (Phi) is 14.5. The van der Waals surface area contributed by atoms with Crippen molar-refractivity contribution in [1.82, 2.24) is 10.6 Å². The predicted octanol–water partition coefficient (Wildman–Crippen LogP) is 8.44. The van der Waals surface area contributed by atoms with Crippen LogP contribution in [0.1, 0.15) is 88.7 Å². The van der Waals surface area contributed by atoms with Gasteiger partial charge in [-0.1, -0.05) is 65.7 Å². The lowest BCUT2D eigenvalue weighted by atomic mass is 9.97. The van der Waals surface area contributed by atoms with Crippen molar-refractivity contribution in [2.75, 3.05) is 18.0 Å². The molecule has 55 heavy (non-hydrogen) atoms. The fourth-order valence-corrected chi connectivity index (χ4v) is 6.58. The summed E-state index contributed by atoms with van der Waals surface area (Å²) in [5.41, 5.74) is 2.68. The molecule has 1 aliphatic rings. The molecule has 0 bridgehead atoms. The number of ketones is 1. The number of rotatable bonds is 12. The molecule has 1 aliphatic heterocycles. The first kappa shape index (κ1) is 42.8. The fraction of sp³-hybridized carbons (Fsp3) is 0.415. The van der Waals surface area contributed by atoms with Crippen LogP contribution in [0.3, 0.4) is 0 Å². The molecule has 0 radical (unpaired) electrons. The van der Waals surface area contributed by atoms with Gasteiger partial charge in [0, 0.05) is 38.0 Å². The third kappa shape index (κ3) is 13.4. The normalized spacial score (nSPS) is 13.7. The lowest BCUT2D eigenvalue weighted by Gasteiger charge is -2.32. The third-order valence-electron chi connectivity index (χ3n) is 8.35. The number of nitrogens with one attached hydrogen (secondary N) is 2. The number of carboxylic acid groups (broad SMARTS) is 1. The Morgan fingerprint density at radius 1 is 0.873 bits per heavy atom. The number of benzene rings is 3. The van der Waals surface area contributed by atoms with E-state index in [-0.39, 0.29) is 52.9 Å². The number of hydrogen-bond donors (Lipinski definition) is 3. The van der Waals surface area contributed by atoms with E-state index in [1.54, 1.807) is 53.7 Å². The van der Waals surface area contributed by atoms with Crippen molar-refractivity contribution in [2.24, 2.45) is 4.99 Å². The Balaban J connectivity index is 1.39. The highest BCUT2D eigenvalue weighted by molar-refractivity contribution is 6.40. The standard InChI is InChI=1S/C41H48Cl2N4O8/c1-40(2,3)54-38(52)45-34(46-39(53)55-41(4,5)6)22-25-14-15-27-13-10-19-47(33(27)21-25)20-18-29(48)16-17-32(37(50)51)44-36(49)35-30(42)23-28(24-31(35)43)26-11-8-7-9-12-26/h7-9,11-12,14-15,21,23-24,32H,10,13,16-20,22H2,1-6H3,(H,44,49)(H,50,51)(H,45,46,52,53)/t32-/m0/s1. The molecule has 4 rings (SSSR count). The van der Waals surface area contributed by atoms with Crippen LogP contribution in [0, 0.1) is 0 Å². The molecule has 14 heteroatoms. The lowest BCUT2D eigenvalue weighted by molar-refractivity contribution is -0.139. The highest BCUT2D eigenvalue weighted by Crippen LogP contribution is 2.32. The van der Waals surface area contributed by atoms with Crippen molar-refractivity contribution in [2.45, 2.75) is 97.3 Å². The SMILES string of the molecule is CC(C)(C)OC(=O)N=C(Cc1ccc2c(c1)N(CCC(=O)CC[C@H](NC(=O)c1c(Cl)cc(-c3ccccc3)cc1Cl)C(=O)O)CCC2)NC(=O)OC(C)(C)C. The Bertz CT molecular complexity index is 1910. The Hall–Kier alpha value is -4.94. The smallest absolute Gasteiger partial charge is 0.435 e. The summed E-state index contributed by atoms with van der Waals surface area (Å²) in [7, 11) is 0. The minimum absolute atomic E-state index is 0.0485. The van der Waals surface area contributed by atoms with Crippen molar-refractivity contribution in [1.29, 1.82) is 0 Å². The van der Waals surface area contributed by atoms with Gasteiger partial charge in [0.2, 0.25) is 0 Å². The van der Waals surface area contributed by atoms with Crippen molar-refractivity contribution in [3.05, 3.63) is 87.4 Å². The number of amidine groups is 1. The number of Topliss-reactive ketones (excluding diaryl/α,β-unsaturated/α-hetero) is 1. The van der Waals surface area contributed by atoms with E-state index in [1.807, 2.05) is 48.5 Å². The number of amides is 3. The second-order valence-electron chi connectivity index (χ2n) is 15.3. The molecule has 3 aromatic rings. The van der Waals surface area contributed by atoms with E-state index in [4.69, 9.17) is 32.7 Å². The number of carboxylic acids is 1. The minimum Gasteiger partial charge on any atom is -0.480 e. The predicted molar refractivity (Wildman–Crippen MR) is 213 cm³/mol. The van der Waals surface area contributed by atoms with Gasteiger partial charge in [-0.15, -0.1) is 0 Å². The number of nitrogens with zero attached hydrogens (tertiary/aromatic N) is 2. The van der Waals surface area contributed by atoms with E-state index >= 15 is 0 Å². The van der Waals surface area contributed by atoms with Gasteiger partial charge in [0.25, 0.3) is 5.91 Å². The molecule has 1 atom stereocenters. The molecular formula is C41H48Cl2N4O8. The van der Waals surface area contributed by atoms with E-state index in [0.29, 0.717) is 18.7 Å². The van der Waals surface area contributed by atoms with Gasteiger partial charge in [-0.25, -0.2) is 14.4 Å². The largest absolute Gasteiger partial charge is 0.480 e. The number of aliphatic imine (C=N–C) groups is 1. The number of carbonyl (C=O) groups excluding carboxylic acids is 4. The second-order valence-corrected chi connectivity index (χ2v) is 16.1. The molecule has 0 unspecified atom stereocenters. The van der Waals surface area contributed by atoms with Crippen molar-refractivity contribution in [3.8, 4) is 11.1 Å². The van der Waals surface area contributed by atoms with Gasteiger partial charge in [0.1, 0.15) is 28.9 Å². The van der Waals surface area contributed by atoms with Gasteiger partial charge < -0.3 is 24.8 Å². The number of fused-ring (bicyclic) bond motifs is 1. The Morgan fingerprint density at radius 3 is 2.15 bits per heavy atom. The maximum atomic E-state index is 13.2. The van der Waals surface area contributed by atoms with Crippen LogP contribution in [0.2, 0.25) is 10.0 Å². The molecule has 1 heterocycles. The zero-order valence-electron chi connectivity index (χ0n) is 32.0. The topological polar surface area (TPSA) is 164 Å². The number of anilines is 1. The molecule has 3 amide bonds. The molecule has 0 aromatic heterocycles. The van der Waals surface area contributed by atoms with Crippen molar-refractivity contribution in [3.63, 3.8) is 0 Å². The first-order valence-electron chi connectivity index (χ1n) is 18.0. The quantitative estimate of drug-likeness (QED) is 0.121. The van der Waals surface area contributed by atoms with Gasteiger partial charge in [0.05, 0.1) is 15.6 Å². The molecule has 3 aromatic carbocycles. The van der Waals surface area contributed by atoms with Gasteiger partial charge in [-0.05, 0) is 101 Å². The first-order valence-corrected chi connectivity index (χ1v) is 18.8. The van der Waals surface area contributed by atoms with E-state index < -0.39 is 41.3 Å². The Morgan fingerprint density at radius 2 is 1.53 bits per heavy atom. The summed E-state index contributed by atoms with van der Waals surface area (Å²) in [4.78, 5) is 69.7. The van der Waals surface area contributed by atoms with Crippen LogP contribution in [-0.4, -0.2) is 71.1 Å². The average Bonchev–Trinajstić information content (AvgIpc) is 3.07. The van der Waals surface area contributed by atoms with E-state index in [9.17, 15) is 29.1 Å². The first-order chi connectivity index (χ1) is 25.8. The molecule has 3 N–H and O–H groups in total. The molecule has 0 spiro atoms. The van der Waals surface area contributed by atoms with Crippen molar-refractivity contribution < 1.29 is 38.6 Å². The van der Waals surface area contributed by atoms with Crippen LogP contribution in [0.4, 0.5) is 15.3 Å². The number of ether oxygens (including phenoxy) is 2. The zero-order valence-corrected chi connectivity index (χ0v) is 33.5. The minimum atomic E-state index is -1.35. The van der Waals surface area contributed by atoms with Crippen LogP contribution in [-0.2, 0) is 31.9 Å². The molecule has 0 fully saturated rings. The maximum absolute atomic E-state index is 13.2. The molecular weight excluding hydrogens is 747 g/mol. The molecule has 12 nitrogen and oxygen atoms in total. The number of aliphatic carboxylic acids is 1. The van der Waals surface area contributed by atoms with E-state index in [0.717, 1.165) is 35.2 Å². The third-order valence-corrected chi connectivity index (χ3v) is 8.95. The molecule has 0 aliphatic carbocycles. The second kappa shape index (κ2) is 18.6. The van der Waals surface area contributed by atoms with Crippen LogP contribution in [0.5, 0.6) is 0 Å². The molecule has 0 saturated carbocycles. The number of aryl methyl sites for hydroxylation is 1. The van der Waals surface area contributed by atoms with E-state index in [2.05, 4.69) is 20.5 Å². The van der Waals surface area contributed by atoms with Gasteiger partial charge in [-0.3, -0.25) is 14.9 Å². The lowest BCUT2D eigenvalue weighted by Crippen LogP contribution is -2.41. The summed E-state index contributed by atoms with van der Waals surface area (Å²) in [6.07, 6.45) is 0.126. The number of alkyl carbamates (subject to hydrolysis) is 1. The molecule has 0 saturated heterocycles. The summed E-state index contributed by atoms with van der Waals surface area (Å²) in [5.74, 6) is -2.16. The number of halogens is 2. The monoisotopic (exact) mass is 794 g/mol. The maximum Gasteiger partial charge on any atom is 0.435 e. The van der Waals surface area contributed by atoms with E-state index in [1.165, 1.54) is 0 Å². The summed E-state index contributed by atoms with van der Waals surface area (Å²) >= 11 is 12.9. The average molecular weight is 796 g/mol. The van der Waals surface area contributed by atoms with Crippen LogP contribution in [0.15, 0.2) is 65.7 Å². The summed E-state index contributed by atoms with van der Waals surface area (Å²) < 4.78 is 10.7. The Labute approximate surface area is 331 Å². The summed E-state index contributed by atoms with van der Waals surface area (Å²) in [6, 6.07) is 17.0. The zero-order chi connectivity index (χ0) is 40.5. The summed E-state index contributed by atoms with van der Waals surface area (Å²) in [6.45, 7) is 11.4. The van der Waals surface area contributed by atoms with Crippen LogP contribution >= 0.6 is 23.2 Å². The van der Waals surface area contributed by atoms with Crippen LogP contribution < -0.4 is 15.5 Å². The fourth-order valence-electron chi connectivity index (χ4n) is 5.92. The highest BCUT2D eigenvalue weighted by atomic mass is 35.5. The highest BCUT2D eigenvalue weighted by Gasteiger charge is 2.26. The van der Waals surface area contributed by atoms with Crippen LogP contribution in [0.25, 0.3) is 11.1 Å². The van der Waals surface area contributed by atoms with Crippen molar-refractivity contribution >= 4 is 64.6 Å². The number of hydrogen-bond acceptors (Lipinski definition) is 8. The number of carbonyl (C=O) groups is 5. The van der Waals surface area contributed by atoms with Gasteiger partial charge >= 0.3 is 18.2 Å². The van der Waals surface area contributed by atoms with Gasteiger partial charge in [-0.2, -0.15) is 4.99 Å².